The minimum Gasteiger partial charge on any atom is -0.309 e. The zero-order chi connectivity index (χ0) is 8.39. The Morgan fingerprint density at radius 3 is 3.17 bits per heavy atom. The first kappa shape index (κ1) is 7.68. The molecule has 0 radical (unpaired) electrons. The summed E-state index contributed by atoms with van der Waals surface area (Å²) in [5.74, 6) is -0.200. The van der Waals surface area contributed by atoms with Crippen LogP contribution >= 0.6 is 0 Å². The third kappa shape index (κ3) is 1.46. The number of halogens is 1. The number of hydrogen-bond acceptors (Lipinski definition) is 2. The Balaban J connectivity index is 2.21. The molecule has 1 N–H and O–H groups in total. The van der Waals surface area contributed by atoms with Crippen LogP contribution in [0.25, 0.3) is 0 Å². The summed E-state index contributed by atoms with van der Waals surface area (Å²) in [5, 5.41) is 3.27. The lowest BCUT2D eigenvalue weighted by Gasteiger charge is -2.08. The van der Waals surface area contributed by atoms with Gasteiger partial charge in [0.15, 0.2) is 0 Å². The van der Waals surface area contributed by atoms with Gasteiger partial charge in [0.1, 0.15) is 5.82 Å². The number of pyridine rings is 1. The van der Waals surface area contributed by atoms with Gasteiger partial charge in [-0.25, -0.2) is 4.39 Å². The molecule has 0 spiro atoms. The molecule has 2 nitrogen and oxygen atoms in total. The lowest BCUT2D eigenvalue weighted by atomic mass is 10.1. The molecule has 0 saturated carbocycles. The highest BCUT2D eigenvalue weighted by atomic mass is 19.1. The highest BCUT2D eigenvalue weighted by Gasteiger charge is 2.17. The fourth-order valence-electron chi connectivity index (χ4n) is 1.55. The standard InChI is InChI=1S/C9H11FN2/c10-7-3-5-12-9(6-7)8-2-1-4-11-8/h3,5-6,8,11H,1-2,4H2/t8-/m1/s1. The van der Waals surface area contributed by atoms with Gasteiger partial charge in [-0.05, 0) is 31.5 Å². The molecule has 1 fully saturated rings. The van der Waals surface area contributed by atoms with E-state index in [1.54, 1.807) is 0 Å². The summed E-state index contributed by atoms with van der Waals surface area (Å²) in [6.07, 6.45) is 3.74. The van der Waals surface area contributed by atoms with Gasteiger partial charge in [0.25, 0.3) is 0 Å². The second kappa shape index (κ2) is 3.19. The van der Waals surface area contributed by atoms with E-state index in [4.69, 9.17) is 0 Å². The molecule has 1 atom stereocenters. The Morgan fingerprint density at radius 2 is 2.50 bits per heavy atom. The number of nitrogens with one attached hydrogen (secondary N) is 1. The SMILES string of the molecule is Fc1ccnc([C@H]2CCCN2)c1. The van der Waals surface area contributed by atoms with Crippen molar-refractivity contribution in [3.05, 3.63) is 29.8 Å². The molecular formula is C9H11FN2. The Hall–Kier alpha value is -0.960. The lowest BCUT2D eigenvalue weighted by molar-refractivity contribution is 0.592. The highest BCUT2D eigenvalue weighted by Crippen LogP contribution is 2.20. The second-order valence-electron chi connectivity index (χ2n) is 3.05. The van der Waals surface area contributed by atoms with Crippen molar-refractivity contribution < 1.29 is 4.39 Å². The van der Waals surface area contributed by atoms with E-state index < -0.39 is 0 Å². The lowest BCUT2D eigenvalue weighted by Crippen LogP contribution is -2.14. The van der Waals surface area contributed by atoms with Crippen LogP contribution in [-0.4, -0.2) is 11.5 Å². The van der Waals surface area contributed by atoms with E-state index in [0.29, 0.717) is 0 Å². The van der Waals surface area contributed by atoms with Crippen LogP contribution < -0.4 is 5.32 Å². The zero-order valence-corrected chi connectivity index (χ0v) is 6.76. The van der Waals surface area contributed by atoms with Crippen LogP contribution in [0.2, 0.25) is 0 Å². The molecule has 0 aromatic carbocycles. The molecule has 1 saturated heterocycles. The largest absolute Gasteiger partial charge is 0.309 e. The van der Waals surface area contributed by atoms with Gasteiger partial charge in [-0.15, -0.1) is 0 Å². The van der Waals surface area contributed by atoms with Gasteiger partial charge in [0.05, 0.1) is 5.69 Å². The minimum absolute atomic E-state index is 0.200. The van der Waals surface area contributed by atoms with Crippen molar-refractivity contribution in [2.45, 2.75) is 18.9 Å². The summed E-state index contributed by atoms with van der Waals surface area (Å²) in [5.41, 5.74) is 0.826. The minimum atomic E-state index is -0.200. The van der Waals surface area contributed by atoms with Crippen LogP contribution in [-0.2, 0) is 0 Å². The zero-order valence-electron chi connectivity index (χ0n) is 6.76. The summed E-state index contributed by atoms with van der Waals surface area (Å²) in [4.78, 5) is 4.12. The molecule has 1 aromatic rings. The molecule has 1 aromatic heterocycles. The Kier molecular flexibility index (Phi) is 2.04. The Bertz CT molecular complexity index is 269. The van der Waals surface area contributed by atoms with Gasteiger partial charge in [-0.3, -0.25) is 4.98 Å². The number of nitrogens with zero attached hydrogens (tertiary/aromatic N) is 1. The van der Waals surface area contributed by atoms with E-state index in [1.165, 1.54) is 18.3 Å². The van der Waals surface area contributed by atoms with E-state index in [1.807, 2.05) is 0 Å². The smallest absolute Gasteiger partial charge is 0.126 e. The fraction of sp³-hybridized carbons (Fsp3) is 0.444. The molecule has 0 aliphatic carbocycles. The molecule has 64 valence electrons. The van der Waals surface area contributed by atoms with E-state index in [-0.39, 0.29) is 11.9 Å². The first-order valence-electron chi connectivity index (χ1n) is 4.21. The maximum atomic E-state index is 12.8. The average Bonchev–Trinajstić information content (AvgIpc) is 2.56. The van der Waals surface area contributed by atoms with Crippen molar-refractivity contribution in [1.82, 2.24) is 10.3 Å². The van der Waals surface area contributed by atoms with Crippen LogP contribution in [0.15, 0.2) is 18.3 Å². The van der Waals surface area contributed by atoms with Gasteiger partial charge in [0, 0.05) is 12.2 Å². The monoisotopic (exact) mass is 166 g/mol. The quantitative estimate of drug-likeness (QED) is 0.686. The molecule has 2 heterocycles. The average molecular weight is 166 g/mol. The maximum absolute atomic E-state index is 12.8. The van der Waals surface area contributed by atoms with Gasteiger partial charge in [0.2, 0.25) is 0 Å². The van der Waals surface area contributed by atoms with Crippen molar-refractivity contribution >= 4 is 0 Å². The molecular weight excluding hydrogens is 155 g/mol. The van der Waals surface area contributed by atoms with Gasteiger partial charge in [-0.2, -0.15) is 0 Å². The van der Waals surface area contributed by atoms with Crippen LogP contribution in [0.5, 0.6) is 0 Å². The predicted molar refractivity (Wildman–Crippen MR) is 44.2 cm³/mol. The third-order valence-corrected chi connectivity index (χ3v) is 2.16. The Labute approximate surface area is 70.8 Å². The number of aromatic nitrogens is 1. The summed E-state index contributed by atoms with van der Waals surface area (Å²) in [7, 11) is 0. The van der Waals surface area contributed by atoms with Crippen LogP contribution in [0.4, 0.5) is 4.39 Å². The van der Waals surface area contributed by atoms with E-state index in [9.17, 15) is 4.39 Å². The van der Waals surface area contributed by atoms with E-state index in [2.05, 4.69) is 10.3 Å². The normalized spacial score (nSPS) is 22.9. The summed E-state index contributed by atoms with van der Waals surface area (Å²) in [6, 6.07) is 3.14. The van der Waals surface area contributed by atoms with Crippen LogP contribution in [0, 0.1) is 5.82 Å². The predicted octanol–water partition coefficient (Wildman–Crippen LogP) is 1.65. The van der Waals surface area contributed by atoms with Crippen molar-refractivity contribution in [2.75, 3.05) is 6.54 Å². The first-order valence-corrected chi connectivity index (χ1v) is 4.21. The van der Waals surface area contributed by atoms with Crippen molar-refractivity contribution in [3.63, 3.8) is 0 Å². The summed E-state index contributed by atoms with van der Waals surface area (Å²) >= 11 is 0. The molecule has 1 aliphatic heterocycles. The van der Waals surface area contributed by atoms with E-state index in [0.717, 1.165) is 25.1 Å². The molecule has 0 bridgehead atoms. The molecule has 0 unspecified atom stereocenters. The summed E-state index contributed by atoms with van der Waals surface area (Å²) < 4.78 is 12.8. The maximum Gasteiger partial charge on any atom is 0.126 e. The van der Waals surface area contributed by atoms with Crippen LogP contribution in [0.3, 0.4) is 0 Å². The van der Waals surface area contributed by atoms with Crippen molar-refractivity contribution in [1.29, 1.82) is 0 Å². The van der Waals surface area contributed by atoms with Gasteiger partial charge < -0.3 is 5.32 Å². The van der Waals surface area contributed by atoms with Gasteiger partial charge >= 0.3 is 0 Å². The van der Waals surface area contributed by atoms with E-state index >= 15 is 0 Å². The van der Waals surface area contributed by atoms with Crippen molar-refractivity contribution in [3.8, 4) is 0 Å². The Morgan fingerprint density at radius 1 is 1.58 bits per heavy atom. The first-order chi connectivity index (χ1) is 5.86. The molecule has 12 heavy (non-hydrogen) atoms. The van der Waals surface area contributed by atoms with Gasteiger partial charge in [-0.1, -0.05) is 0 Å². The molecule has 3 heteroatoms. The van der Waals surface area contributed by atoms with Crippen molar-refractivity contribution in [2.24, 2.45) is 0 Å². The van der Waals surface area contributed by atoms with Crippen LogP contribution in [0.1, 0.15) is 24.6 Å². The number of rotatable bonds is 1. The molecule has 2 rings (SSSR count). The molecule has 1 aliphatic rings. The third-order valence-electron chi connectivity index (χ3n) is 2.16. The highest BCUT2D eigenvalue weighted by molar-refractivity contribution is 5.11. The number of hydrogen-bond donors (Lipinski definition) is 1. The second-order valence-corrected chi connectivity index (χ2v) is 3.05. The topological polar surface area (TPSA) is 24.9 Å². The summed E-state index contributed by atoms with van der Waals surface area (Å²) in [6.45, 7) is 1.02. The molecule has 0 amide bonds. The fourth-order valence-corrected chi connectivity index (χ4v) is 1.55.